The number of hydrogen-bond donors (Lipinski definition) is 1. The summed E-state index contributed by atoms with van der Waals surface area (Å²) < 4.78 is 11.7. The molecule has 0 saturated carbocycles. The molecule has 4 heterocycles. The van der Waals surface area contributed by atoms with Crippen LogP contribution in [0.1, 0.15) is 46.0 Å². The molecular formula is C29H35N5O2S. The van der Waals surface area contributed by atoms with Gasteiger partial charge in [-0.25, -0.2) is 0 Å². The zero-order chi connectivity index (χ0) is 26.0. The first-order valence-electron chi connectivity index (χ1n) is 12.8. The molecule has 0 amide bonds. The molecule has 0 unspecified atom stereocenters. The summed E-state index contributed by atoms with van der Waals surface area (Å²) in [6, 6.07) is 16.1. The minimum Gasteiger partial charge on any atom is -0.487 e. The lowest BCUT2D eigenvalue weighted by Gasteiger charge is -2.31. The molecule has 5 rings (SSSR count). The second kappa shape index (κ2) is 13.3. The summed E-state index contributed by atoms with van der Waals surface area (Å²) in [4.78, 5) is 8.90. The number of thiophene rings is 1. The van der Waals surface area contributed by atoms with E-state index in [2.05, 4.69) is 38.6 Å². The number of ether oxygens (including phenoxy) is 1. The molecule has 8 heteroatoms. The van der Waals surface area contributed by atoms with Crippen LogP contribution in [-0.4, -0.2) is 42.2 Å². The number of likely N-dealkylation sites (tertiary alicyclic amines) is 1. The van der Waals surface area contributed by atoms with E-state index in [0.717, 1.165) is 71.0 Å². The number of pyridine rings is 1. The quantitative estimate of drug-likeness (QED) is 0.320. The highest BCUT2D eigenvalue weighted by Crippen LogP contribution is 2.32. The Labute approximate surface area is 223 Å². The van der Waals surface area contributed by atoms with Crippen molar-refractivity contribution in [3.8, 4) is 11.8 Å². The number of nitrogens with one attached hydrogen (secondary N) is 1. The van der Waals surface area contributed by atoms with Crippen LogP contribution >= 0.6 is 11.3 Å². The third kappa shape index (κ3) is 7.16. The Morgan fingerprint density at radius 3 is 2.68 bits per heavy atom. The average Bonchev–Trinajstić information content (AvgIpc) is 3.56. The molecule has 1 aliphatic rings. The molecule has 0 bridgehead atoms. The van der Waals surface area contributed by atoms with Crippen LogP contribution in [0, 0.1) is 24.2 Å². The van der Waals surface area contributed by atoms with Crippen LogP contribution in [-0.2, 0) is 19.6 Å². The number of benzene rings is 1. The van der Waals surface area contributed by atoms with Gasteiger partial charge in [-0.3, -0.25) is 9.88 Å². The third-order valence-corrected chi connectivity index (χ3v) is 7.64. The summed E-state index contributed by atoms with van der Waals surface area (Å²) >= 11 is 1.61. The monoisotopic (exact) mass is 517 g/mol. The van der Waals surface area contributed by atoms with Gasteiger partial charge in [0.1, 0.15) is 23.3 Å². The highest BCUT2D eigenvalue weighted by molar-refractivity contribution is 7.12. The van der Waals surface area contributed by atoms with E-state index >= 15 is 0 Å². The van der Waals surface area contributed by atoms with Crippen LogP contribution in [0.15, 0.2) is 53.2 Å². The molecule has 0 aliphatic carbocycles. The number of piperidine rings is 1. The minimum atomic E-state index is 0.429. The predicted molar refractivity (Wildman–Crippen MR) is 148 cm³/mol. The van der Waals surface area contributed by atoms with Gasteiger partial charge in [-0.1, -0.05) is 11.2 Å². The van der Waals surface area contributed by atoms with Crippen molar-refractivity contribution in [1.29, 1.82) is 5.26 Å². The maximum atomic E-state index is 9.02. The summed E-state index contributed by atoms with van der Waals surface area (Å²) in [6.45, 7) is 5.63. The maximum absolute atomic E-state index is 9.02. The van der Waals surface area contributed by atoms with E-state index in [0.29, 0.717) is 12.5 Å². The number of fused-ring (bicyclic) bond motifs is 1. The van der Waals surface area contributed by atoms with Gasteiger partial charge in [-0.15, -0.1) is 11.3 Å². The molecule has 0 radical (unpaired) electrons. The first-order valence-corrected chi connectivity index (χ1v) is 13.6. The molecule has 0 spiro atoms. The predicted octanol–water partition coefficient (Wildman–Crippen LogP) is 5.72. The van der Waals surface area contributed by atoms with E-state index < -0.39 is 0 Å². The van der Waals surface area contributed by atoms with Gasteiger partial charge < -0.3 is 14.6 Å². The molecule has 0 atom stereocenters. The minimum absolute atomic E-state index is 0.429. The fourth-order valence-corrected chi connectivity index (χ4v) is 5.51. The Bertz CT molecular complexity index is 1300. The lowest BCUT2D eigenvalue weighted by atomic mass is 9.91. The van der Waals surface area contributed by atoms with Gasteiger partial charge in [-0.2, -0.15) is 5.26 Å². The van der Waals surface area contributed by atoms with E-state index in [1.807, 2.05) is 51.4 Å². The van der Waals surface area contributed by atoms with Crippen molar-refractivity contribution < 1.29 is 9.26 Å². The Kier molecular flexibility index (Phi) is 9.66. The van der Waals surface area contributed by atoms with Crippen LogP contribution in [0.4, 0.5) is 0 Å². The Balaban J connectivity index is 0.00000102. The van der Waals surface area contributed by atoms with E-state index in [1.165, 1.54) is 17.7 Å². The van der Waals surface area contributed by atoms with Gasteiger partial charge in [0.05, 0.1) is 11.4 Å². The zero-order valence-corrected chi connectivity index (χ0v) is 22.7. The molecule has 4 aromatic rings. The molecule has 1 aliphatic heterocycles. The normalized spacial score (nSPS) is 14.2. The van der Waals surface area contributed by atoms with E-state index in [1.54, 1.807) is 17.5 Å². The van der Waals surface area contributed by atoms with Gasteiger partial charge in [0.15, 0.2) is 5.58 Å². The SMILES string of the molecule is CNC.Cc1c(OCc2ccccn2)ccc2c(CCC3CCN(Cc4ccc(C#N)s4)CC3)noc12. The molecule has 1 fully saturated rings. The van der Waals surface area contributed by atoms with Crippen LogP contribution in [0.2, 0.25) is 0 Å². The first kappa shape index (κ1) is 26.8. The van der Waals surface area contributed by atoms with Crippen molar-refractivity contribution in [1.82, 2.24) is 20.4 Å². The highest BCUT2D eigenvalue weighted by Gasteiger charge is 2.21. The highest BCUT2D eigenvalue weighted by atomic mass is 32.1. The van der Waals surface area contributed by atoms with Gasteiger partial charge >= 0.3 is 0 Å². The van der Waals surface area contributed by atoms with Gasteiger partial charge in [0.25, 0.3) is 0 Å². The Hall–Kier alpha value is -3.25. The molecule has 1 N–H and O–H groups in total. The fourth-order valence-electron chi connectivity index (χ4n) is 4.66. The van der Waals surface area contributed by atoms with Crippen molar-refractivity contribution in [3.05, 3.63) is 75.4 Å². The number of aryl methyl sites for hydroxylation is 2. The number of nitriles is 1. The van der Waals surface area contributed by atoms with Crippen molar-refractivity contribution in [2.24, 2.45) is 5.92 Å². The molecule has 3 aromatic heterocycles. The number of nitrogens with zero attached hydrogens (tertiary/aromatic N) is 4. The lowest BCUT2D eigenvalue weighted by molar-refractivity contribution is 0.173. The number of rotatable bonds is 8. The molecule has 194 valence electrons. The smallest absolute Gasteiger partial charge is 0.173 e. The Morgan fingerprint density at radius 1 is 1.16 bits per heavy atom. The second-order valence-corrected chi connectivity index (χ2v) is 10.6. The van der Waals surface area contributed by atoms with Crippen molar-refractivity contribution in [2.45, 2.75) is 45.8 Å². The largest absolute Gasteiger partial charge is 0.487 e. The van der Waals surface area contributed by atoms with Gasteiger partial charge in [-0.05, 0) is 102 Å². The Morgan fingerprint density at radius 2 is 1.97 bits per heavy atom. The molecular weight excluding hydrogens is 482 g/mol. The maximum Gasteiger partial charge on any atom is 0.173 e. The summed E-state index contributed by atoms with van der Waals surface area (Å²) in [5.74, 6) is 1.52. The van der Waals surface area contributed by atoms with Gasteiger partial charge in [0.2, 0.25) is 0 Å². The van der Waals surface area contributed by atoms with E-state index in [9.17, 15) is 0 Å². The topological polar surface area (TPSA) is 87.2 Å². The molecule has 7 nitrogen and oxygen atoms in total. The number of hydrogen-bond acceptors (Lipinski definition) is 8. The fraction of sp³-hybridized carbons (Fsp3) is 0.414. The van der Waals surface area contributed by atoms with Crippen LogP contribution in [0.25, 0.3) is 11.0 Å². The van der Waals surface area contributed by atoms with Crippen LogP contribution < -0.4 is 10.1 Å². The van der Waals surface area contributed by atoms with E-state index in [-0.39, 0.29) is 0 Å². The van der Waals surface area contributed by atoms with Crippen molar-refractivity contribution in [3.63, 3.8) is 0 Å². The second-order valence-electron chi connectivity index (χ2n) is 9.44. The third-order valence-electron chi connectivity index (χ3n) is 6.66. The average molecular weight is 518 g/mol. The molecule has 1 aromatic carbocycles. The van der Waals surface area contributed by atoms with Crippen LogP contribution in [0.5, 0.6) is 5.75 Å². The van der Waals surface area contributed by atoms with Crippen molar-refractivity contribution in [2.75, 3.05) is 27.2 Å². The summed E-state index contributed by atoms with van der Waals surface area (Å²) in [5, 5.41) is 17.3. The standard InChI is InChI=1S/C27H28N4O2S.C2H7N/c1-19-26(32-18-21-4-2-3-13-29-21)10-8-24-25(30-33-27(19)24)9-5-20-11-14-31(15-12-20)17-23-7-6-22(16-28)34-23;1-3-2/h2-4,6-8,10,13,20H,5,9,11-12,14-15,17-18H2,1H3;3H,1-2H3. The van der Waals surface area contributed by atoms with E-state index in [4.69, 9.17) is 14.5 Å². The summed E-state index contributed by atoms with van der Waals surface area (Å²) in [7, 11) is 3.75. The lowest BCUT2D eigenvalue weighted by Crippen LogP contribution is -2.33. The molecule has 37 heavy (non-hydrogen) atoms. The first-order chi connectivity index (χ1) is 18.1. The van der Waals surface area contributed by atoms with Crippen molar-refractivity contribution >= 4 is 22.3 Å². The van der Waals surface area contributed by atoms with Crippen LogP contribution in [0.3, 0.4) is 0 Å². The van der Waals surface area contributed by atoms with Gasteiger partial charge in [0, 0.05) is 28.6 Å². The molecule has 1 saturated heterocycles. The summed E-state index contributed by atoms with van der Waals surface area (Å²) in [5.41, 5.74) is 3.73. The number of aromatic nitrogens is 2. The summed E-state index contributed by atoms with van der Waals surface area (Å²) in [6.07, 6.45) is 6.25. The zero-order valence-electron chi connectivity index (χ0n) is 21.9.